The third-order valence-electron chi connectivity index (χ3n) is 2.94. The van der Waals surface area contributed by atoms with Crippen LogP contribution in [0.15, 0.2) is 46.9 Å². The lowest BCUT2D eigenvalue weighted by atomic mass is 10.2. The van der Waals surface area contributed by atoms with Crippen LogP contribution in [0.5, 0.6) is 0 Å². The Hall–Kier alpha value is -1.03. The van der Waals surface area contributed by atoms with Crippen molar-refractivity contribution in [2.45, 2.75) is 13.1 Å². The number of rotatable bonds is 5. The zero-order chi connectivity index (χ0) is 14.5. The van der Waals surface area contributed by atoms with Gasteiger partial charge in [0.25, 0.3) is 0 Å². The number of hydrogen-bond acceptors (Lipinski definition) is 2. The van der Waals surface area contributed by atoms with Crippen LogP contribution in [-0.4, -0.2) is 19.0 Å². The maximum Gasteiger partial charge on any atom is 0.0456 e. The van der Waals surface area contributed by atoms with Gasteiger partial charge in [-0.05, 0) is 55.6 Å². The van der Waals surface area contributed by atoms with Gasteiger partial charge in [0.05, 0.1) is 0 Å². The molecule has 0 aromatic heterocycles. The standard InChI is InChI=1S/C16H18BrClN2/c1-20(2)11-12-3-6-15(7-4-12)19-10-13-9-14(17)5-8-16(13)18/h3-9,19H,10-11H2,1-2H3. The minimum Gasteiger partial charge on any atom is -0.381 e. The van der Waals surface area contributed by atoms with Gasteiger partial charge in [-0.3, -0.25) is 0 Å². The van der Waals surface area contributed by atoms with E-state index >= 15 is 0 Å². The van der Waals surface area contributed by atoms with Crippen molar-refractivity contribution in [1.29, 1.82) is 0 Å². The highest BCUT2D eigenvalue weighted by Crippen LogP contribution is 2.22. The van der Waals surface area contributed by atoms with E-state index in [1.165, 1.54) is 5.56 Å². The molecule has 4 heteroatoms. The minimum atomic E-state index is 0.714. The smallest absolute Gasteiger partial charge is 0.0456 e. The number of anilines is 1. The zero-order valence-corrected chi connectivity index (χ0v) is 14.0. The summed E-state index contributed by atoms with van der Waals surface area (Å²) >= 11 is 9.64. The molecule has 2 aromatic carbocycles. The maximum atomic E-state index is 6.18. The molecular weight excluding hydrogens is 336 g/mol. The third kappa shape index (κ3) is 4.51. The minimum absolute atomic E-state index is 0.714. The fourth-order valence-electron chi connectivity index (χ4n) is 1.97. The highest BCUT2D eigenvalue weighted by molar-refractivity contribution is 9.10. The van der Waals surface area contributed by atoms with Crippen LogP contribution < -0.4 is 5.32 Å². The zero-order valence-electron chi connectivity index (χ0n) is 11.7. The lowest BCUT2D eigenvalue weighted by Gasteiger charge is -2.12. The van der Waals surface area contributed by atoms with E-state index in [9.17, 15) is 0 Å². The average Bonchev–Trinajstić information content (AvgIpc) is 2.41. The first-order valence-electron chi connectivity index (χ1n) is 6.46. The molecule has 2 nitrogen and oxygen atoms in total. The van der Waals surface area contributed by atoms with Crippen LogP contribution in [0.2, 0.25) is 5.02 Å². The molecule has 0 fully saturated rings. The van der Waals surface area contributed by atoms with Crippen LogP contribution in [0, 0.1) is 0 Å². The molecule has 0 amide bonds. The largest absolute Gasteiger partial charge is 0.381 e. The Balaban J connectivity index is 1.98. The molecule has 0 atom stereocenters. The molecule has 0 aliphatic carbocycles. The van der Waals surface area contributed by atoms with E-state index in [0.29, 0.717) is 6.54 Å². The number of nitrogens with zero attached hydrogens (tertiary/aromatic N) is 1. The summed E-state index contributed by atoms with van der Waals surface area (Å²) in [6, 6.07) is 14.4. The van der Waals surface area contributed by atoms with Gasteiger partial charge in [0.2, 0.25) is 0 Å². The Bertz CT molecular complexity index is 567. The van der Waals surface area contributed by atoms with E-state index in [1.807, 2.05) is 18.2 Å². The van der Waals surface area contributed by atoms with Crippen molar-refractivity contribution in [3.05, 3.63) is 63.1 Å². The van der Waals surface area contributed by atoms with Crippen LogP contribution in [-0.2, 0) is 13.1 Å². The summed E-state index contributed by atoms with van der Waals surface area (Å²) in [6.45, 7) is 1.67. The predicted molar refractivity (Wildman–Crippen MR) is 90.3 cm³/mol. The van der Waals surface area contributed by atoms with Crippen LogP contribution in [0.3, 0.4) is 0 Å². The van der Waals surface area contributed by atoms with Crippen LogP contribution in [0.1, 0.15) is 11.1 Å². The summed E-state index contributed by atoms with van der Waals surface area (Å²) in [6.07, 6.45) is 0. The monoisotopic (exact) mass is 352 g/mol. The van der Waals surface area contributed by atoms with Gasteiger partial charge in [-0.15, -0.1) is 0 Å². The van der Waals surface area contributed by atoms with Gasteiger partial charge >= 0.3 is 0 Å². The van der Waals surface area contributed by atoms with Crippen molar-refractivity contribution in [2.24, 2.45) is 0 Å². The molecule has 0 saturated heterocycles. The van der Waals surface area contributed by atoms with Crippen LogP contribution in [0.25, 0.3) is 0 Å². The normalized spacial score (nSPS) is 10.8. The fraction of sp³-hybridized carbons (Fsp3) is 0.250. The molecule has 2 rings (SSSR count). The molecule has 2 aromatic rings. The van der Waals surface area contributed by atoms with Crippen molar-refractivity contribution < 1.29 is 0 Å². The van der Waals surface area contributed by atoms with Gasteiger partial charge in [-0.2, -0.15) is 0 Å². The van der Waals surface area contributed by atoms with Crippen LogP contribution >= 0.6 is 27.5 Å². The van der Waals surface area contributed by atoms with E-state index in [2.05, 4.69) is 64.5 Å². The quantitative estimate of drug-likeness (QED) is 0.832. The molecule has 0 radical (unpaired) electrons. The van der Waals surface area contributed by atoms with Gasteiger partial charge in [0, 0.05) is 28.3 Å². The number of hydrogen-bond donors (Lipinski definition) is 1. The summed E-state index contributed by atoms with van der Waals surface area (Å²) in [5.74, 6) is 0. The predicted octanol–water partition coefficient (Wildman–Crippen LogP) is 4.78. The van der Waals surface area contributed by atoms with Gasteiger partial charge < -0.3 is 10.2 Å². The first-order chi connectivity index (χ1) is 9.54. The summed E-state index contributed by atoms with van der Waals surface area (Å²) < 4.78 is 1.04. The molecule has 0 unspecified atom stereocenters. The van der Waals surface area contributed by atoms with E-state index in [-0.39, 0.29) is 0 Å². The van der Waals surface area contributed by atoms with E-state index in [1.54, 1.807) is 0 Å². The number of benzene rings is 2. The van der Waals surface area contributed by atoms with Crippen molar-refractivity contribution >= 4 is 33.2 Å². The summed E-state index contributed by atoms with van der Waals surface area (Å²) in [7, 11) is 4.14. The Morgan fingerprint density at radius 2 is 1.80 bits per heavy atom. The molecule has 0 spiro atoms. The van der Waals surface area contributed by atoms with E-state index in [4.69, 9.17) is 11.6 Å². The second kappa shape index (κ2) is 7.11. The number of halogens is 2. The van der Waals surface area contributed by atoms with Gasteiger partial charge in [-0.25, -0.2) is 0 Å². The Morgan fingerprint density at radius 3 is 2.45 bits per heavy atom. The van der Waals surface area contributed by atoms with Crippen molar-refractivity contribution in [3.63, 3.8) is 0 Å². The topological polar surface area (TPSA) is 15.3 Å². The van der Waals surface area contributed by atoms with E-state index in [0.717, 1.165) is 27.3 Å². The second-order valence-electron chi connectivity index (χ2n) is 5.02. The molecule has 0 aliphatic rings. The maximum absolute atomic E-state index is 6.18. The summed E-state index contributed by atoms with van der Waals surface area (Å²) in [4.78, 5) is 2.16. The molecule has 1 N–H and O–H groups in total. The SMILES string of the molecule is CN(C)Cc1ccc(NCc2cc(Br)ccc2Cl)cc1. The highest BCUT2D eigenvalue weighted by Gasteiger charge is 2.02. The Morgan fingerprint density at radius 1 is 1.10 bits per heavy atom. The van der Waals surface area contributed by atoms with Crippen LogP contribution in [0.4, 0.5) is 5.69 Å². The molecule has 0 heterocycles. The lowest BCUT2D eigenvalue weighted by Crippen LogP contribution is -2.10. The Labute approximate surface area is 133 Å². The Kier molecular flexibility index (Phi) is 5.46. The highest BCUT2D eigenvalue weighted by atomic mass is 79.9. The summed E-state index contributed by atoms with van der Waals surface area (Å²) in [5.41, 5.74) is 3.49. The molecular formula is C16H18BrClN2. The second-order valence-corrected chi connectivity index (χ2v) is 6.35. The molecule has 0 bridgehead atoms. The first kappa shape index (κ1) is 15.4. The summed E-state index contributed by atoms with van der Waals surface area (Å²) in [5, 5.41) is 4.17. The third-order valence-corrected chi connectivity index (χ3v) is 3.81. The molecule has 0 saturated carbocycles. The van der Waals surface area contributed by atoms with Crippen molar-refractivity contribution in [2.75, 3.05) is 19.4 Å². The first-order valence-corrected chi connectivity index (χ1v) is 7.63. The van der Waals surface area contributed by atoms with Gasteiger partial charge in [0.1, 0.15) is 0 Å². The molecule has 106 valence electrons. The average molecular weight is 354 g/mol. The molecule has 20 heavy (non-hydrogen) atoms. The lowest BCUT2D eigenvalue weighted by molar-refractivity contribution is 0.402. The van der Waals surface area contributed by atoms with Gasteiger partial charge in [-0.1, -0.05) is 39.7 Å². The molecule has 0 aliphatic heterocycles. The van der Waals surface area contributed by atoms with Crippen molar-refractivity contribution in [3.8, 4) is 0 Å². The van der Waals surface area contributed by atoms with E-state index < -0.39 is 0 Å². The fourth-order valence-corrected chi connectivity index (χ4v) is 2.56. The van der Waals surface area contributed by atoms with Crippen molar-refractivity contribution in [1.82, 2.24) is 4.90 Å². The van der Waals surface area contributed by atoms with Gasteiger partial charge in [0.15, 0.2) is 0 Å². The number of nitrogens with one attached hydrogen (secondary N) is 1.